The number of aromatic nitrogens is 6. The van der Waals surface area contributed by atoms with Gasteiger partial charge >= 0.3 is 0 Å². The molecule has 0 N–H and O–H groups in total. The first-order valence-electron chi connectivity index (χ1n) is 41.4. The summed E-state index contributed by atoms with van der Waals surface area (Å²) in [5, 5.41) is 14.8. The smallest absolute Gasteiger partial charge is 0.0547 e. The lowest BCUT2D eigenvalue weighted by Crippen LogP contribution is -1.95. The van der Waals surface area contributed by atoms with Gasteiger partial charge in [0.2, 0.25) is 0 Å². The van der Waals surface area contributed by atoms with Crippen molar-refractivity contribution in [2.24, 2.45) is 0 Å². The maximum atomic E-state index is 2.46. The van der Waals surface area contributed by atoms with Crippen LogP contribution in [0.15, 0.2) is 437 Å². The van der Waals surface area contributed by atoms with Crippen LogP contribution in [-0.4, -0.2) is 27.4 Å². The summed E-state index contributed by atoms with van der Waals surface area (Å²) in [5.74, 6) is 0. The first kappa shape index (κ1) is 67.3. The van der Waals surface area contributed by atoms with E-state index < -0.39 is 0 Å². The zero-order chi connectivity index (χ0) is 78.6. The van der Waals surface area contributed by atoms with Crippen molar-refractivity contribution < 1.29 is 0 Å². The summed E-state index contributed by atoms with van der Waals surface area (Å²) in [6.45, 7) is 0. The minimum atomic E-state index is 1.11. The van der Waals surface area contributed by atoms with E-state index >= 15 is 0 Å². The maximum absolute atomic E-state index is 2.46. The number of fused-ring (bicyclic) bond motifs is 18. The van der Waals surface area contributed by atoms with Crippen molar-refractivity contribution in [2.75, 3.05) is 0 Å². The number of hydrogen-bond donors (Lipinski definition) is 0. The van der Waals surface area contributed by atoms with E-state index in [2.05, 4.69) is 464 Å². The fourth-order valence-corrected chi connectivity index (χ4v) is 19.9. The Labute approximate surface area is 691 Å². The summed E-state index contributed by atoms with van der Waals surface area (Å²) in [6, 6.07) is 162. The fourth-order valence-electron chi connectivity index (χ4n) is 19.9. The molecule has 0 unspecified atom stereocenters. The molecule has 558 valence electrons. The van der Waals surface area contributed by atoms with Crippen LogP contribution in [0.3, 0.4) is 0 Å². The largest absolute Gasteiger partial charge is 0.309 e. The highest BCUT2D eigenvalue weighted by molar-refractivity contribution is 6.18. The molecule has 0 aliphatic carbocycles. The van der Waals surface area contributed by atoms with Gasteiger partial charge in [0.1, 0.15) is 0 Å². The van der Waals surface area contributed by atoms with Crippen LogP contribution in [0.4, 0.5) is 0 Å². The molecule has 25 rings (SSSR count). The van der Waals surface area contributed by atoms with Crippen LogP contribution in [0.2, 0.25) is 0 Å². The summed E-state index contributed by atoms with van der Waals surface area (Å²) in [4.78, 5) is 0. The van der Waals surface area contributed by atoms with Crippen molar-refractivity contribution in [3.05, 3.63) is 437 Å². The van der Waals surface area contributed by atoms with Crippen LogP contribution in [0, 0.1) is 0 Å². The summed E-state index contributed by atoms with van der Waals surface area (Å²) < 4.78 is 14.5. The Morgan fingerprint density at radius 3 is 0.633 bits per heavy atom. The van der Waals surface area contributed by atoms with Crippen molar-refractivity contribution in [2.45, 2.75) is 0 Å². The van der Waals surface area contributed by atoms with Gasteiger partial charge in [-0.2, -0.15) is 0 Å². The predicted molar refractivity (Wildman–Crippen MR) is 505 cm³/mol. The van der Waals surface area contributed by atoms with E-state index in [1.54, 1.807) is 0 Å². The SMILES string of the molecule is c1ccc(-c2ccc3c(c2)c2cc(-c4ccc5c(c4)c4ccccc4n5-c4ccc(-c5ccc(-n6c7ccccc7c7ccccc76)cc5)cc4)ccc2n3-c2ccc(-c3cccc4c3c3ccccc3n4-c3ccc(-c4ccc(-n5c6ccccc6c6cc(-c7ccc8c(c7)c7ccccc7n8-c7ccccc7)ccc65)cc4)cc3)cc2)cc1. The lowest BCUT2D eigenvalue weighted by molar-refractivity contribution is 1.18. The monoisotopic (exact) mass is 1520 g/mol. The van der Waals surface area contributed by atoms with Crippen molar-refractivity contribution in [1.82, 2.24) is 27.4 Å². The Bertz CT molecular complexity index is 8410. The third-order valence-electron chi connectivity index (χ3n) is 25.5. The highest BCUT2D eigenvalue weighted by Gasteiger charge is 2.23. The van der Waals surface area contributed by atoms with Crippen molar-refractivity contribution in [3.63, 3.8) is 0 Å². The average Bonchev–Trinajstić information content (AvgIpc) is 1.59. The van der Waals surface area contributed by atoms with Crippen LogP contribution in [0.25, 0.3) is 232 Å². The van der Waals surface area contributed by atoms with Crippen LogP contribution < -0.4 is 0 Å². The highest BCUT2D eigenvalue weighted by Crippen LogP contribution is 2.46. The van der Waals surface area contributed by atoms with Crippen molar-refractivity contribution >= 4 is 131 Å². The molecule has 6 aromatic heterocycles. The third-order valence-corrected chi connectivity index (χ3v) is 25.5. The molecule has 6 nitrogen and oxygen atoms in total. The number of rotatable bonds is 12. The molecule has 0 amide bonds. The van der Waals surface area contributed by atoms with Gasteiger partial charge in [0.05, 0.1) is 66.2 Å². The van der Waals surface area contributed by atoms with E-state index in [9.17, 15) is 0 Å². The molecule has 0 radical (unpaired) electrons. The standard InChI is InChI=1S/C114H72N6/c1-3-20-73(21-4-1)79-48-63-111-100(68-79)101-72-83(82-51-66-110-99(71-82)95-28-11-17-35-106(95)118(110)86-55-40-75(41-56-86)74-38-53-85(54-39-74)116-102-31-13-7-24-91(102)92-25-8-14-32-103(92)116)52-67-112(101)119(111)88-61-46-78(47-62-88)90-30-19-37-113-114(90)96-29-12-18-36-107(96)120(113)89-59-44-77(45-60-89)76-42-57-87(58-43-76)117-105-34-16-10-27-94(105)98-70-81(50-65-109(98)117)80-49-64-108-97(69-80)93-26-9-15-33-104(93)115(108)84-22-5-2-6-23-84/h1-72H. The van der Waals surface area contributed by atoms with Crippen LogP contribution in [0.1, 0.15) is 0 Å². The zero-order valence-corrected chi connectivity index (χ0v) is 65.3. The van der Waals surface area contributed by atoms with Gasteiger partial charge in [-0.15, -0.1) is 0 Å². The first-order valence-corrected chi connectivity index (χ1v) is 41.4. The normalized spacial score (nSPS) is 12.0. The average molecular weight is 1530 g/mol. The van der Waals surface area contributed by atoms with Crippen LogP contribution >= 0.6 is 0 Å². The molecule has 0 saturated heterocycles. The van der Waals surface area contributed by atoms with Gasteiger partial charge in [0, 0.05) is 98.8 Å². The number of para-hydroxylation sites is 7. The Kier molecular flexibility index (Phi) is 15.0. The molecule has 0 fully saturated rings. The molecule has 6 heteroatoms. The third kappa shape index (κ3) is 10.5. The van der Waals surface area contributed by atoms with E-state index in [0.29, 0.717) is 0 Å². The van der Waals surface area contributed by atoms with Crippen LogP contribution in [0.5, 0.6) is 0 Å². The maximum Gasteiger partial charge on any atom is 0.0547 e. The summed E-state index contributed by atoms with van der Waals surface area (Å²) in [5.41, 5.74) is 35.2. The van der Waals surface area contributed by atoms with Gasteiger partial charge in [-0.3, -0.25) is 0 Å². The van der Waals surface area contributed by atoms with Gasteiger partial charge in [0.25, 0.3) is 0 Å². The van der Waals surface area contributed by atoms with Crippen molar-refractivity contribution in [3.8, 4) is 101 Å². The lowest BCUT2D eigenvalue weighted by Gasteiger charge is -2.12. The van der Waals surface area contributed by atoms with E-state index in [0.717, 1.165) is 61.8 Å². The highest BCUT2D eigenvalue weighted by atomic mass is 15.0. The molecule has 6 heterocycles. The molecular weight excluding hydrogens is 1450 g/mol. The topological polar surface area (TPSA) is 29.6 Å². The second-order valence-electron chi connectivity index (χ2n) is 31.9. The first-order chi connectivity index (χ1) is 59.5. The number of benzene rings is 19. The van der Waals surface area contributed by atoms with Crippen molar-refractivity contribution in [1.29, 1.82) is 0 Å². The Morgan fingerprint density at radius 2 is 0.308 bits per heavy atom. The quantitative estimate of drug-likeness (QED) is 0.117. The van der Waals surface area contributed by atoms with Gasteiger partial charge in [0.15, 0.2) is 0 Å². The Balaban J connectivity index is 0.515. The second kappa shape index (κ2) is 26.8. The van der Waals surface area contributed by atoms with Gasteiger partial charge in [-0.25, -0.2) is 0 Å². The predicted octanol–water partition coefficient (Wildman–Crippen LogP) is 30.3. The van der Waals surface area contributed by atoms with Gasteiger partial charge in [-0.1, -0.05) is 261 Å². The van der Waals surface area contributed by atoms with E-state index in [1.807, 2.05) is 0 Å². The molecule has 0 aliphatic rings. The molecule has 120 heavy (non-hydrogen) atoms. The molecule has 0 bridgehead atoms. The number of hydrogen-bond acceptors (Lipinski definition) is 0. The van der Waals surface area contributed by atoms with E-state index in [1.165, 1.54) is 170 Å². The minimum Gasteiger partial charge on any atom is -0.309 e. The number of nitrogens with zero attached hydrogens (tertiary/aromatic N) is 6. The van der Waals surface area contributed by atoms with E-state index in [4.69, 9.17) is 0 Å². The molecule has 0 spiro atoms. The fraction of sp³-hybridized carbons (Fsp3) is 0. The molecule has 19 aromatic carbocycles. The lowest BCUT2D eigenvalue weighted by atomic mass is 9.99. The second-order valence-corrected chi connectivity index (χ2v) is 31.9. The summed E-state index contributed by atoms with van der Waals surface area (Å²) in [6.07, 6.45) is 0. The van der Waals surface area contributed by atoms with Gasteiger partial charge < -0.3 is 27.4 Å². The molecule has 25 aromatic rings. The molecule has 0 saturated carbocycles. The van der Waals surface area contributed by atoms with E-state index in [-0.39, 0.29) is 0 Å². The molecule has 0 atom stereocenters. The minimum absolute atomic E-state index is 1.11. The Hall–Kier alpha value is -16.0. The summed E-state index contributed by atoms with van der Waals surface area (Å²) in [7, 11) is 0. The van der Waals surface area contributed by atoms with Gasteiger partial charge in [-0.05, 0) is 243 Å². The molecular formula is C114H72N6. The Morgan fingerprint density at radius 1 is 0.108 bits per heavy atom. The summed E-state index contributed by atoms with van der Waals surface area (Å²) >= 11 is 0. The zero-order valence-electron chi connectivity index (χ0n) is 65.3. The molecule has 0 aliphatic heterocycles. The van der Waals surface area contributed by atoms with Crippen LogP contribution in [-0.2, 0) is 0 Å².